The molecule has 0 aromatic heterocycles. The van der Waals surface area contributed by atoms with Gasteiger partial charge in [-0.3, -0.25) is 0 Å². The molecule has 0 unspecified atom stereocenters. The second-order valence-electron chi connectivity index (χ2n) is 5.28. The standard InChI is InChI=1S/C9H8O4.C8H16N2/c10-7-3-1-6(5-8(7)11)2-4-9(12)13;1-3-4-5-10-7-6-9(2)8-10/h1-5,10-11H,(H,12,13);6-7H,3-5,8H2,1-2H3/b4-2+;. The first-order valence-corrected chi connectivity index (χ1v) is 7.48. The third kappa shape index (κ3) is 7.26. The molecule has 1 aliphatic rings. The summed E-state index contributed by atoms with van der Waals surface area (Å²) in [7, 11) is 2.10. The zero-order chi connectivity index (χ0) is 17.2. The van der Waals surface area contributed by atoms with Gasteiger partial charge in [0.15, 0.2) is 11.5 Å². The van der Waals surface area contributed by atoms with Gasteiger partial charge in [0.1, 0.15) is 0 Å². The Labute approximate surface area is 136 Å². The van der Waals surface area contributed by atoms with Crippen LogP contribution in [0.1, 0.15) is 25.3 Å². The lowest BCUT2D eigenvalue weighted by Gasteiger charge is -2.17. The van der Waals surface area contributed by atoms with E-state index in [2.05, 4.69) is 36.2 Å². The number of hydrogen-bond acceptors (Lipinski definition) is 5. The zero-order valence-corrected chi connectivity index (χ0v) is 13.5. The first-order chi connectivity index (χ1) is 10.9. The van der Waals surface area contributed by atoms with Crippen LogP contribution >= 0.6 is 0 Å². The van der Waals surface area contributed by atoms with Gasteiger partial charge in [-0.2, -0.15) is 0 Å². The molecular formula is C17H24N2O4. The molecule has 1 aliphatic heterocycles. The summed E-state index contributed by atoms with van der Waals surface area (Å²) in [5, 5.41) is 26.3. The van der Waals surface area contributed by atoms with Gasteiger partial charge in [0.25, 0.3) is 0 Å². The van der Waals surface area contributed by atoms with Gasteiger partial charge in [-0.15, -0.1) is 0 Å². The molecule has 1 heterocycles. The summed E-state index contributed by atoms with van der Waals surface area (Å²) in [5.74, 6) is -1.56. The molecule has 0 atom stereocenters. The molecule has 0 fully saturated rings. The summed E-state index contributed by atoms with van der Waals surface area (Å²) in [4.78, 5) is 14.7. The van der Waals surface area contributed by atoms with E-state index in [-0.39, 0.29) is 11.5 Å². The van der Waals surface area contributed by atoms with Crippen molar-refractivity contribution in [1.29, 1.82) is 0 Å². The largest absolute Gasteiger partial charge is 0.504 e. The van der Waals surface area contributed by atoms with Crippen molar-refractivity contribution in [3.8, 4) is 11.5 Å². The summed E-state index contributed by atoms with van der Waals surface area (Å²) in [6.45, 7) is 4.50. The number of carboxylic acid groups (broad SMARTS) is 1. The monoisotopic (exact) mass is 320 g/mol. The molecule has 1 aromatic rings. The number of carbonyl (C=O) groups is 1. The van der Waals surface area contributed by atoms with E-state index in [1.807, 2.05) is 0 Å². The van der Waals surface area contributed by atoms with Gasteiger partial charge in [-0.05, 0) is 30.2 Å². The van der Waals surface area contributed by atoms with Crippen LogP contribution in [0.3, 0.4) is 0 Å². The van der Waals surface area contributed by atoms with E-state index in [1.54, 1.807) is 0 Å². The van der Waals surface area contributed by atoms with E-state index in [1.165, 1.54) is 43.7 Å². The minimum atomic E-state index is -1.06. The highest BCUT2D eigenvalue weighted by atomic mass is 16.4. The Hall–Kier alpha value is -2.63. The Bertz CT molecular complexity index is 570. The Kier molecular flexibility index (Phi) is 7.53. The van der Waals surface area contributed by atoms with E-state index in [0.717, 1.165) is 12.7 Å². The smallest absolute Gasteiger partial charge is 0.328 e. The number of nitrogens with zero attached hydrogens (tertiary/aromatic N) is 2. The normalized spacial score (nSPS) is 13.3. The van der Waals surface area contributed by atoms with Gasteiger partial charge in [0, 0.05) is 32.1 Å². The van der Waals surface area contributed by atoms with Crippen LogP contribution in [0.2, 0.25) is 0 Å². The van der Waals surface area contributed by atoms with E-state index in [0.29, 0.717) is 5.56 Å². The third-order valence-corrected chi connectivity index (χ3v) is 3.15. The number of unbranched alkanes of at least 4 members (excludes halogenated alkanes) is 1. The predicted octanol–water partition coefficient (Wildman–Crippen LogP) is 2.66. The number of benzene rings is 1. The second-order valence-corrected chi connectivity index (χ2v) is 5.28. The van der Waals surface area contributed by atoms with Crippen LogP contribution < -0.4 is 0 Å². The van der Waals surface area contributed by atoms with Crippen molar-refractivity contribution in [3.05, 3.63) is 42.2 Å². The van der Waals surface area contributed by atoms with Gasteiger partial charge in [0.05, 0.1) is 6.67 Å². The summed E-state index contributed by atoms with van der Waals surface area (Å²) in [6, 6.07) is 4.06. The van der Waals surface area contributed by atoms with Crippen molar-refractivity contribution >= 4 is 12.0 Å². The molecule has 0 saturated carbocycles. The molecule has 23 heavy (non-hydrogen) atoms. The highest BCUT2D eigenvalue weighted by Crippen LogP contribution is 2.25. The molecule has 2 rings (SSSR count). The van der Waals surface area contributed by atoms with Crippen molar-refractivity contribution in [3.63, 3.8) is 0 Å². The van der Waals surface area contributed by atoms with Gasteiger partial charge in [-0.25, -0.2) is 4.79 Å². The summed E-state index contributed by atoms with van der Waals surface area (Å²) < 4.78 is 0. The maximum Gasteiger partial charge on any atom is 0.328 e. The SMILES string of the molecule is CCCCN1C=CN(C)C1.O=C(O)/C=C/c1ccc(O)c(O)c1. The van der Waals surface area contributed by atoms with Gasteiger partial charge in [-0.1, -0.05) is 19.4 Å². The number of aliphatic carboxylic acids is 1. The fourth-order valence-electron chi connectivity index (χ4n) is 1.91. The molecule has 0 radical (unpaired) electrons. The predicted molar refractivity (Wildman–Crippen MR) is 89.8 cm³/mol. The fourth-order valence-corrected chi connectivity index (χ4v) is 1.91. The number of hydrogen-bond donors (Lipinski definition) is 3. The van der Waals surface area contributed by atoms with Crippen LogP contribution in [0.25, 0.3) is 6.08 Å². The number of aromatic hydroxyl groups is 2. The average Bonchev–Trinajstić information content (AvgIpc) is 2.92. The zero-order valence-electron chi connectivity index (χ0n) is 13.5. The van der Waals surface area contributed by atoms with Crippen LogP contribution in [0.5, 0.6) is 11.5 Å². The lowest BCUT2D eigenvalue weighted by molar-refractivity contribution is -0.131. The topological polar surface area (TPSA) is 84.2 Å². The van der Waals surface area contributed by atoms with Crippen molar-refractivity contribution in [2.45, 2.75) is 19.8 Å². The van der Waals surface area contributed by atoms with E-state index < -0.39 is 5.97 Å². The Morgan fingerprint density at radius 1 is 1.26 bits per heavy atom. The van der Waals surface area contributed by atoms with Crippen LogP contribution in [-0.4, -0.2) is 51.3 Å². The average molecular weight is 320 g/mol. The molecule has 6 nitrogen and oxygen atoms in total. The van der Waals surface area contributed by atoms with Crippen LogP contribution in [0.15, 0.2) is 36.7 Å². The first kappa shape index (κ1) is 18.4. The summed E-state index contributed by atoms with van der Waals surface area (Å²) >= 11 is 0. The van der Waals surface area contributed by atoms with Gasteiger partial charge >= 0.3 is 5.97 Å². The van der Waals surface area contributed by atoms with Crippen molar-refractivity contribution < 1.29 is 20.1 Å². The quantitative estimate of drug-likeness (QED) is 0.571. The number of rotatable bonds is 5. The molecule has 0 amide bonds. The van der Waals surface area contributed by atoms with E-state index in [9.17, 15) is 4.79 Å². The summed E-state index contributed by atoms with van der Waals surface area (Å²) in [5.41, 5.74) is 0.512. The molecule has 0 spiro atoms. The minimum absolute atomic E-state index is 0.229. The molecule has 0 aliphatic carbocycles. The molecule has 1 aromatic carbocycles. The van der Waals surface area contributed by atoms with Gasteiger partial charge in [0.2, 0.25) is 0 Å². The Morgan fingerprint density at radius 2 is 2.00 bits per heavy atom. The lowest BCUT2D eigenvalue weighted by Crippen LogP contribution is -2.23. The second kappa shape index (κ2) is 9.40. The number of phenolic OH excluding ortho intramolecular Hbond substituents is 2. The highest BCUT2D eigenvalue weighted by Gasteiger charge is 2.05. The van der Waals surface area contributed by atoms with Crippen molar-refractivity contribution in [2.75, 3.05) is 20.3 Å². The van der Waals surface area contributed by atoms with Gasteiger partial charge < -0.3 is 25.1 Å². The fraction of sp³-hybridized carbons (Fsp3) is 0.353. The van der Waals surface area contributed by atoms with Crippen molar-refractivity contribution in [2.24, 2.45) is 0 Å². The van der Waals surface area contributed by atoms with E-state index in [4.69, 9.17) is 15.3 Å². The number of phenols is 2. The Balaban J connectivity index is 0.000000238. The molecule has 0 bridgehead atoms. The molecule has 0 saturated heterocycles. The molecular weight excluding hydrogens is 296 g/mol. The van der Waals surface area contributed by atoms with Crippen LogP contribution in [0.4, 0.5) is 0 Å². The molecule has 3 N–H and O–H groups in total. The summed E-state index contributed by atoms with van der Waals surface area (Å²) in [6.07, 6.45) is 9.14. The molecule has 126 valence electrons. The van der Waals surface area contributed by atoms with Crippen LogP contribution in [-0.2, 0) is 4.79 Å². The van der Waals surface area contributed by atoms with Crippen molar-refractivity contribution in [1.82, 2.24) is 9.80 Å². The Morgan fingerprint density at radius 3 is 2.52 bits per heavy atom. The third-order valence-electron chi connectivity index (χ3n) is 3.15. The van der Waals surface area contributed by atoms with Crippen LogP contribution in [0, 0.1) is 0 Å². The highest BCUT2D eigenvalue weighted by molar-refractivity contribution is 5.85. The van der Waals surface area contributed by atoms with E-state index >= 15 is 0 Å². The number of carboxylic acids is 1. The lowest BCUT2D eigenvalue weighted by atomic mass is 10.2. The minimum Gasteiger partial charge on any atom is -0.504 e. The maximum absolute atomic E-state index is 10.1. The first-order valence-electron chi connectivity index (χ1n) is 7.48. The maximum atomic E-state index is 10.1. The molecule has 6 heteroatoms.